The molecule has 1 amide bonds. The van der Waals surface area contributed by atoms with E-state index in [0.717, 1.165) is 12.8 Å². The van der Waals surface area contributed by atoms with Crippen LogP contribution < -0.4 is 14.8 Å². The number of halogens is 2. The molecule has 0 bridgehead atoms. The van der Waals surface area contributed by atoms with Crippen LogP contribution in [-0.4, -0.2) is 27.0 Å². The molecule has 28 heavy (non-hydrogen) atoms. The lowest BCUT2D eigenvalue weighted by atomic mass is 10.2. The molecule has 9 heteroatoms. The second kappa shape index (κ2) is 10.0. The predicted molar refractivity (Wildman–Crippen MR) is 112 cm³/mol. The van der Waals surface area contributed by atoms with E-state index < -0.39 is 10.0 Å². The van der Waals surface area contributed by atoms with Crippen LogP contribution in [0.15, 0.2) is 47.4 Å². The Morgan fingerprint density at radius 3 is 2.29 bits per heavy atom. The number of ether oxygens (including phenoxy) is 1. The average Bonchev–Trinajstić information content (AvgIpc) is 2.59. The number of hydrogen-bond donors (Lipinski definition) is 2. The van der Waals surface area contributed by atoms with E-state index in [4.69, 9.17) is 27.9 Å². The summed E-state index contributed by atoms with van der Waals surface area (Å²) in [7, 11) is -3.82. The molecule has 2 aromatic rings. The zero-order chi connectivity index (χ0) is 20.7. The molecule has 0 unspecified atom stereocenters. The number of carbonyl (C=O) groups is 1. The molecular formula is C19H22Cl2N2O4S. The maximum atomic E-state index is 12.5. The van der Waals surface area contributed by atoms with Crippen LogP contribution in [0.4, 0.5) is 5.69 Å². The topological polar surface area (TPSA) is 84.5 Å². The summed E-state index contributed by atoms with van der Waals surface area (Å²) in [6.07, 6.45) is 1.87. The summed E-state index contributed by atoms with van der Waals surface area (Å²) in [5.74, 6) is 0.167. The van der Waals surface area contributed by atoms with Crippen molar-refractivity contribution >= 4 is 44.8 Å². The lowest BCUT2D eigenvalue weighted by Gasteiger charge is -2.13. The lowest BCUT2D eigenvalue weighted by Crippen LogP contribution is -2.35. The summed E-state index contributed by atoms with van der Waals surface area (Å²) in [6.45, 7) is 3.84. The quantitative estimate of drug-likeness (QED) is 0.596. The molecule has 2 aromatic carbocycles. The van der Waals surface area contributed by atoms with Crippen molar-refractivity contribution in [3.63, 3.8) is 0 Å². The van der Waals surface area contributed by atoms with Crippen LogP contribution in [-0.2, 0) is 14.8 Å². The van der Waals surface area contributed by atoms with E-state index in [0.29, 0.717) is 15.8 Å². The highest BCUT2D eigenvalue weighted by Gasteiger charge is 2.15. The van der Waals surface area contributed by atoms with Gasteiger partial charge in [0.1, 0.15) is 5.75 Å². The number of anilines is 1. The van der Waals surface area contributed by atoms with Gasteiger partial charge in [0.05, 0.1) is 10.6 Å². The van der Waals surface area contributed by atoms with E-state index in [9.17, 15) is 13.2 Å². The summed E-state index contributed by atoms with van der Waals surface area (Å²) in [5.41, 5.74) is 0.260. The van der Waals surface area contributed by atoms with Crippen molar-refractivity contribution in [1.82, 2.24) is 5.32 Å². The second-order valence-corrected chi connectivity index (χ2v) is 8.84. The van der Waals surface area contributed by atoms with Gasteiger partial charge in [-0.1, -0.05) is 36.5 Å². The molecular weight excluding hydrogens is 423 g/mol. The Balaban J connectivity index is 1.98. The third-order valence-corrected chi connectivity index (χ3v) is 5.58. The Bertz CT molecular complexity index is 898. The number of sulfonamides is 1. The molecule has 152 valence electrons. The zero-order valence-electron chi connectivity index (χ0n) is 15.5. The lowest BCUT2D eigenvalue weighted by molar-refractivity contribution is -0.123. The molecule has 2 N–H and O–H groups in total. The minimum Gasteiger partial charge on any atom is -0.484 e. The Labute approximate surface area is 175 Å². The number of rotatable bonds is 9. The van der Waals surface area contributed by atoms with Crippen LogP contribution in [0.2, 0.25) is 10.0 Å². The maximum Gasteiger partial charge on any atom is 0.261 e. The van der Waals surface area contributed by atoms with Crippen LogP contribution in [0.5, 0.6) is 5.75 Å². The molecule has 2 rings (SSSR count). The molecule has 0 saturated heterocycles. The third kappa shape index (κ3) is 6.89. The second-order valence-electron chi connectivity index (χ2n) is 6.28. The van der Waals surface area contributed by atoms with Crippen molar-refractivity contribution in [2.75, 3.05) is 11.3 Å². The molecule has 0 heterocycles. The monoisotopic (exact) mass is 444 g/mol. The zero-order valence-corrected chi connectivity index (χ0v) is 17.9. The Morgan fingerprint density at radius 1 is 1.11 bits per heavy atom. The Kier molecular flexibility index (Phi) is 7.98. The average molecular weight is 445 g/mol. The number of nitrogens with one attached hydrogen (secondary N) is 2. The van der Waals surface area contributed by atoms with Gasteiger partial charge in [0.2, 0.25) is 0 Å². The minimum absolute atomic E-state index is 0.0389. The molecule has 0 spiro atoms. The van der Waals surface area contributed by atoms with E-state index in [-0.39, 0.29) is 29.1 Å². The summed E-state index contributed by atoms with van der Waals surface area (Å²) in [6, 6.07) is 10.3. The first-order valence-corrected chi connectivity index (χ1v) is 10.9. The fourth-order valence-electron chi connectivity index (χ4n) is 2.51. The largest absolute Gasteiger partial charge is 0.484 e. The molecule has 0 saturated carbocycles. The summed E-state index contributed by atoms with van der Waals surface area (Å²) >= 11 is 11.8. The van der Waals surface area contributed by atoms with Crippen molar-refractivity contribution in [3.8, 4) is 5.75 Å². The van der Waals surface area contributed by atoms with Gasteiger partial charge in [-0.05, 0) is 55.8 Å². The Morgan fingerprint density at radius 2 is 1.71 bits per heavy atom. The Hall–Kier alpha value is -1.96. The first kappa shape index (κ1) is 22.3. The van der Waals surface area contributed by atoms with E-state index in [1.54, 1.807) is 0 Å². The first-order valence-electron chi connectivity index (χ1n) is 8.70. The van der Waals surface area contributed by atoms with Crippen molar-refractivity contribution in [2.45, 2.75) is 37.6 Å². The van der Waals surface area contributed by atoms with E-state index in [1.165, 1.54) is 42.5 Å². The molecule has 0 aliphatic carbocycles. The fourth-order valence-corrected chi connectivity index (χ4v) is 4.08. The molecule has 0 aromatic heterocycles. The first-order chi connectivity index (χ1) is 13.2. The number of benzene rings is 2. The number of carbonyl (C=O) groups excluding carboxylic acids is 1. The highest BCUT2D eigenvalue weighted by molar-refractivity contribution is 7.92. The highest BCUT2D eigenvalue weighted by atomic mass is 35.5. The minimum atomic E-state index is -3.82. The predicted octanol–water partition coefficient (Wildman–Crippen LogP) is 4.48. The summed E-state index contributed by atoms with van der Waals surface area (Å²) in [5, 5.41) is 3.47. The summed E-state index contributed by atoms with van der Waals surface area (Å²) < 4.78 is 32.8. The van der Waals surface area contributed by atoms with Crippen molar-refractivity contribution in [1.29, 1.82) is 0 Å². The normalized spacial score (nSPS) is 12.3. The highest BCUT2D eigenvalue weighted by Crippen LogP contribution is 2.25. The van der Waals surface area contributed by atoms with Gasteiger partial charge < -0.3 is 10.1 Å². The third-order valence-electron chi connectivity index (χ3n) is 3.75. The molecule has 0 aliphatic rings. The van der Waals surface area contributed by atoms with Gasteiger partial charge in [0.15, 0.2) is 6.61 Å². The maximum absolute atomic E-state index is 12.5. The van der Waals surface area contributed by atoms with E-state index >= 15 is 0 Å². The SMILES string of the molecule is CCC[C@@H](C)NC(=O)COc1ccc(S(=O)(=O)Nc2cc(Cl)cc(Cl)c2)cc1. The van der Waals surface area contributed by atoms with Crippen LogP contribution >= 0.6 is 23.2 Å². The smallest absolute Gasteiger partial charge is 0.261 e. The van der Waals surface area contributed by atoms with Gasteiger partial charge in [-0.15, -0.1) is 0 Å². The number of amides is 1. The van der Waals surface area contributed by atoms with Crippen LogP contribution in [0, 0.1) is 0 Å². The molecule has 0 radical (unpaired) electrons. The van der Waals surface area contributed by atoms with Crippen LogP contribution in [0.25, 0.3) is 0 Å². The molecule has 1 atom stereocenters. The summed E-state index contributed by atoms with van der Waals surface area (Å²) in [4.78, 5) is 11.9. The van der Waals surface area contributed by atoms with Gasteiger partial charge in [-0.2, -0.15) is 0 Å². The number of hydrogen-bond acceptors (Lipinski definition) is 4. The molecule has 0 fully saturated rings. The van der Waals surface area contributed by atoms with Crippen molar-refractivity contribution in [3.05, 3.63) is 52.5 Å². The molecule has 6 nitrogen and oxygen atoms in total. The fraction of sp³-hybridized carbons (Fsp3) is 0.316. The van der Waals surface area contributed by atoms with Crippen molar-refractivity contribution in [2.24, 2.45) is 0 Å². The van der Waals surface area contributed by atoms with Gasteiger partial charge >= 0.3 is 0 Å². The van der Waals surface area contributed by atoms with Gasteiger partial charge in [-0.25, -0.2) is 8.42 Å². The van der Waals surface area contributed by atoms with Crippen LogP contribution in [0.3, 0.4) is 0 Å². The van der Waals surface area contributed by atoms with Crippen LogP contribution in [0.1, 0.15) is 26.7 Å². The van der Waals surface area contributed by atoms with E-state index in [1.807, 2.05) is 13.8 Å². The van der Waals surface area contributed by atoms with E-state index in [2.05, 4.69) is 10.0 Å². The van der Waals surface area contributed by atoms with Gasteiger partial charge in [0.25, 0.3) is 15.9 Å². The van der Waals surface area contributed by atoms with Gasteiger partial charge in [0, 0.05) is 16.1 Å². The standard InChI is InChI=1S/C19H22Cl2N2O4S/c1-3-4-13(2)22-19(24)12-27-17-5-7-18(8-6-17)28(25,26)23-16-10-14(20)9-15(21)11-16/h5-11,13,23H,3-4,12H2,1-2H3,(H,22,24)/t13-/m1/s1. The van der Waals surface area contributed by atoms with Gasteiger partial charge in [-0.3, -0.25) is 9.52 Å². The van der Waals surface area contributed by atoms with Crippen molar-refractivity contribution < 1.29 is 17.9 Å². The molecule has 0 aliphatic heterocycles.